The molecule has 3 aromatic carbocycles. The summed E-state index contributed by atoms with van der Waals surface area (Å²) in [4.78, 5) is 39.2. The molecule has 1 fully saturated rings. The number of hydrogen-bond acceptors (Lipinski definition) is 6. The zero-order valence-electron chi connectivity index (χ0n) is 21.1. The van der Waals surface area contributed by atoms with Crippen molar-refractivity contribution >= 4 is 29.1 Å². The quantitative estimate of drug-likeness (QED) is 0.451. The van der Waals surface area contributed by atoms with E-state index >= 15 is 0 Å². The molecule has 38 heavy (non-hydrogen) atoms. The lowest BCUT2D eigenvalue weighted by atomic mass is 10.1. The molecule has 1 saturated heterocycles. The maximum Gasteiger partial charge on any atom is 0.262 e. The van der Waals surface area contributed by atoms with Crippen molar-refractivity contribution in [1.82, 2.24) is 5.32 Å². The Kier molecular flexibility index (Phi) is 7.44. The monoisotopic (exact) mass is 515 g/mol. The summed E-state index contributed by atoms with van der Waals surface area (Å²) in [5.41, 5.74) is 3.48. The topological polar surface area (TPSA) is 106 Å². The fourth-order valence-electron chi connectivity index (χ4n) is 4.41. The Morgan fingerprint density at radius 3 is 2.47 bits per heavy atom. The van der Waals surface area contributed by atoms with E-state index in [9.17, 15) is 14.4 Å². The molecule has 3 aromatic rings. The Hall–Kier alpha value is -4.53. The summed E-state index contributed by atoms with van der Waals surface area (Å²) in [6, 6.07) is 20.1. The maximum atomic E-state index is 12.7. The van der Waals surface area contributed by atoms with Gasteiger partial charge < -0.3 is 29.7 Å². The number of ether oxygens (including phenoxy) is 3. The number of carbonyl (C=O) groups excluding carboxylic acids is 3. The van der Waals surface area contributed by atoms with Crippen molar-refractivity contribution < 1.29 is 28.6 Å². The number of carbonyl (C=O) groups is 3. The van der Waals surface area contributed by atoms with Gasteiger partial charge in [-0.25, -0.2) is 0 Å². The molecule has 0 unspecified atom stereocenters. The first-order valence-electron chi connectivity index (χ1n) is 12.6. The van der Waals surface area contributed by atoms with Crippen LogP contribution in [0.25, 0.3) is 0 Å². The van der Waals surface area contributed by atoms with Crippen LogP contribution in [0.3, 0.4) is 0 Å². The molecule has 1 atom stereocenters. The minimum atomic E-state index is -0.442. The second-order valence-corrected chi connectivity index (χ2v) is 9.19. The molecule has 0 aliphatic carbocycles. The molecule has 0 bridgehead atoms. The minimum Gasteiger partial charge on any atom is -0.484 e. The molecule has 196 valence electrons. The van der Waals surface area contributed by atoms with E-state index in [0.717, 1.165) is 12.0 Å². The number of hydrogen-bond donors (Lipinski definition) is 2. The highest BCUT2D eigenvalue weighted by atomic mass is 16.7. The first-order chi connectivity index (χ1) is 18.5. The van der Waals surface area contributed by atoms with Crippen molar-refractivity contribution in [3.05, 3.63) is 77.9 Å². The van der Waals surface area contributed by atoms with E-state index in [1.54, 1.807) is 29.2 Å². The van der Waals surface area contributed by atoms with Crippen LogP contribution in [0, 0.1) is 5.92 Å². The third-order valence-electron chi connectivity index (χ3n) is 6.56. The van der Waals surface area contributed by atoms with Crippen LogP contribution < -0.4 is 29.7 Å². The number of amides is 3. The highest BCUT2D eigenvalue weighted by Crippen LogP contribution is 2.32. The van der Waals surface area contributed by atoms with Crippen LogP contribution in [0.4, 0.5) is 11.4 Å². The fourth-order valence-corrected chi connectivity index (χ4v) is 4.41. The zero-order valence-corrected chi connectivity index (χ0v) is 21.1. The highest BCUT2D eigenvalue weighted by molar-refractivity contribution is 6.00. The van der Waals surface area contributed by atoms with Gasteiger partial charge in [-0.2, -0.15) is 0 Å². The van der Waals surface area contributed by atoms with Gasteiger partial charge in [0.1, 0.15) is 5.75 Å². The summed E-state index contributed by atoms with van der Waals surface area (Å²) in [6.07, 6.45) is 1.08. The molecule has 3 amide bonds. The number of aryl methyl sites for hydroxylation is 1. The summed E-state index contributed by atoms with van der Waals surface area (Å²) < 4.78 is 16.3. The molecule has 2 N–H and O–H groups in total. The van der Waals surface area contributed by atoms with Gasteiger partial charge in [-0.3, -0.25) is 14.4 Å². The Bertz CT molecular complexity index is 1320. The van der Waals surface area contributed by atoms with Gasteiger partial charge in [0.2, 0.25) is 18.6 Å². The molecule has 9 heteroatoms. The number of nitrogens with zero attached hydrogens (tertiary/aromatic N) is 1. The van der Waals surface area contributed by atoms with Crippen molar-refractivity contribution in [2.45, 2.75) is 26.3 Å². The predicted octanol–water partition coefficient (Wildman–Crippen LogP) is 3.66. The van der Waals surface area contributed by atoms with Gasteiger partial charge in [-0.1, -0.05) is 25.1 Å². The third kappa shape index (κ3) is 5.88. The van der Waals surface area contributed by atoms with Gasteiger partial charge in [-0.15, -0.1) is 0 Å². The SMILES string of the molecule is CCc1ccc(NC(=O)COc2ccc(N3C[C@@H](C(=O)NCc4ccc5c(c4)OCO5)CC3=O)cc2)cc1. The van der Waals surface area contributed by atoms with E-state index < -0.39 is 5.92 Å². The van der Waals surface area contributed by atoms with Gasteiger partial charge in [-0.05, 0) is 66.1 Å². The molecule has 0 radical (unpaired) electrons. The van der Waals surface area contributed by atoms with Crippen LogP contribution in [0.1, 0.15) is 24.5 Å². The second-order valence-electron chi connectivity index (χ2n) is 9.19. The minimum absolute atomic E-state index is 0.115. The lowest BCUT2D eigenvalue weighted by Gasteiger charge is -2.17. The van der Waals surface area contributed by atoms with Crippen molar-refractivity contribution in [2.75, 3.05) is 30.2 Å². The van der Waals surface area contributed by atoms with Crippen molar-refractivity contribution in [2.24, 2.45) is 5.92 Å². The van der Waals surface area contributed by atoms with Gasteiger partial charge >= 0.3 is 0 Å². The lowest BCUT2D eigenvalue weighted by Crippen LogP contribution is -2.32. The largest absolute Gasteiger partial charge is 0.484 e. The summed E-state index contributed by atoms with van der Waals surface area (Å²) >= 11 is 0. The molecular formula is C29H29N3O6. The average molecular weight is 516 g/mol. The zero-order chi connectivity index (χ0) is 26.5. The van der Waals surface area contributed by atoms with Crippen molar-refractivity contribution in [3.63, 3.8) is 0 Å². The molecule has 0 spiro atoms. The smallest absolute Gasteiger partial charge is 0.262 e. The van der Waals surface area contributed by atoms with Crippen LogP contribution in [-0.2, 0) is 27.3 Å². The number of rotatable bonds is 9. The Balaban J connectivity index is 1.09. The van der Waals surface area contributed by atoms with E-state index in [2.05, 4.69) is 17.6 Å². The Labute approximate surface area is 220 Å². The van der Waals surface area contributed by atoms with Crippen molar-refractivity contribution in [1.29, 1.82) is 0 Å². The maximum absolute atomic E-state index is 12.7. The van der Waals surface area contributed by atoms with E-state index in [-0.39, 0.29) is 37.5 Å². The Morgan fingerprint density at radius 2 is 1.71 bits per heavy atom. The molecule has 2 aliphatic heterocycles. The van der Waals surface area contributed by atoms with Gasteiger partial charge in [0.05, 0.1) is 5.92 Å². The molecule has 5 rings (SSSR count). The van der Waals surface area contributed by atoms with E-state index in [4.69, 9.17) is 14.2 Å². The Morgan fingerprint density at radius 1 is 0.974 bits per heavy atom. The average Bonchev–Trinajstić information content (AvgIpc) is 3.57. The third-order valence-corrected chi connectivity index (χ3v) is 6.56. The lowest BCUT2D eigenvalue weighted by molar-refractivity contribution is -0.126. The van der Waals surface area contributed by atoms with Gasteiger partial charge in [0, 0.05) is 30.9 Å². The predicted molar refractivity (Wildman–Crippen MR) is 141 cm³/mol. The molecule has 2 aliphatic rings. The summed E-state index contributed by atoms with van der Waals surface area (Å²) in [7, 11) is 0. The normalized spacial score (nSPS) is 15.9. The van der Waals surface area contributed by atoms with Crippen LogP contribution in [0.15, 0.2) is 66.7 Å². The van der Waals surface area contributed by atoms with Crippen LogP contribution in [-0.4, -0.2) is 37.7 Å². The van der Waals surface area contributed by atoms with Crippen molar-refractivity contribution in [3.8, 4) is 17.2 Å². The highest BCUT2D eigenvalue weighted by Gasteiger charge is 2.35. The van der Waals surface area contributed by atoms with Gasteiger partial charge in [0.25, 0.3) is 5.91 Å². The molecular weight excluding hydrogens is 486 g/mol. The van der Waals surface area contributed by atoms with Gasteiger partial charge in [0.15, 0.2) is 18.1 Å². The second kappa shape index (κ2) is 11.2. The first-order valence-corrected chi connectivity index (χ1v) is 12.6. The summed E-state index contributed by atoms with van der Waals surface area (Å²) in [5.74, 6) is 0.868. The van der Waals surface area contributed by atoms with Crippen LogP contribution in [0.5, 0.6) is 17.2 Å². The number of nitrogens with one attached hydrogen (secondary N) is 2. The molecule has 9 nitrogen and oxygen atoms in total. The number of fused-ring (bicyclic) bond motifs is 1. The number of anilines is 2. The fraction of sp³-hybridized carbons (Fsp3) is 0.276. The summed E-state index contributed by atoms with van der Waals surface area (Å²) in [5, 5.41) is 5.72. The van der Waals surface area contributed by atoms with E-state index in [1.165, 1.54) is 5.56 Å². The first kappa shape index (κ1) is 25.1. The van der Waals surface area contributed by atoms with E-state index in [1.807, 2.05) is 42.5 Å². The number of benzene rings is 3. The standard InChI is InChI=1S/C29H29N3O6/c1-2-19-3-6-22(7-4-19)31-27(33)17-36-24-10-8-23(9-11-24)32-16-21(14-28(32)34)29(35)30-15-20-5-12-25-26(13-20)38-18-37-25/h3-13,21H,2,14-18H2,1H3,(H,30,35)(H,31,33)/t21-/m0/s1. The molecule has 2 heterocycles. The molecule has 0 saturated carbocycles. The molecule has 0 aromatic heterocycles. The van der Waals surface area contributed by atoms with Crippen LogP contribution in [0.2, 0.25) is 0 Å². The van der Waals surface area contributed by atoms with E-state index in [0.29, 0.717) is 41.7 Å². The van der Waals surface area contributed by atoms with Crippen LogP contribution >= 0.6 is 0 Å². The summed E-state index contributed by atoms with van der Waals surface area (Å²) in [6.45, 7) is 2.77.